The molecule has 0 saturated heterocycles. The van der Waals surface area contributed by atoms with Gasteiger partial charge < -0.3 is 14.8 Å². The minimum Gasteiger partial charge on any atom is -0.482 e. The number of nitrogens with one attached hydrogen (secondary N) is 1. The van der Waals surface area contributed by atoms with E-state index in [0.29, 0.717) is 17.6 Å². The maximum Gasteiger partial charge on any atom is 0.344 e. The molecule has 1 aromatic rings. The maximum atomic E-state index is 12.0. The van der Waals surface area contributed by atoms with Gasteiger partial charge in [-0.2, -0.15) is 0 Å². The van der Waals surface area contributed by atoms with Crippen molar-refractivity contribution in [1.29, 1.82) is 0 Å². The zero-order valence-electron chi connectivity index (χ0n) is 15.6. The Hall–Kier alpha value is -2.04. The molecular weight excluding hydrogens is 318 g/mol. The summed E-state index contributed by atoms with van der Waals surface area (Å²) in [4.78, 5) is 23.8. The Labute approximate surface area is 150 Å². The fraction of sp³-hybridized carbons (Fsp3) is 0.600. The third-order valence-corrected chi connectivity index (χ3v) is 5.11. The number of rotatable bonds is 6. The van der Waals surface area contributed by atoms with Gasteiger partial charge in [0.2, 0.25) is 0 Å². The van der Waals surface area contributed by atoms with Gasteiger partial charge in [-0.25, -0.2) is 4.79 Å². The Kier molecular flexibility index (Phi) is 6.85. The first kappa shape index (κ1) is 19.3. The number of ether oxygens (including phenoxy) is 2. The van der Waals surface area contributed by atoms with Crippen molar-refractivity contribution in [3.63, 3.8) is 0 Å². The molecule has 1 amide bonds. The van der Waals surface area contributed by atoms with Crippen molar-refractivity contribution in [1.82, 2.24) is 5.32 Å². The summed E-state index contributed by atoms with van der Waals surface area (Å²) in [7, 11) is 0. The zero-order valence-corrected chi connectivity index (χ0v) is 15.6. The molecule has 5 heteroatoms. The summed E-state index contributed by atoms with van der Waals surface area (Å²) in [6, 6.07) is 5.97. The SMILES string of the molecule is Cc1ccc(C)c(OCC(=O)OCC(=O)N[C@@H]2CCC[C@H](C)[C@@H]2C)c1. The van der Waals surface area contributed by atoms with E-state index >= 15 is 0 Å². The molecule has 1 saturated carbocycles. The van der Waals surface area contributed by atoms with E-state index in [2.05, 4.69) is 19.2 Å². The van der Waals surface area contributed by atoms with Gasteiger partial charge >= 0.3 is 5.97 Å². The number of hydrogen-bond acceptors (Lipinski definition) is 4. The molecule has 0 bridgehead atoms. The van der Waals surface area contributed by atoms with Crippen molar-refractivity contribution < 1.29 is 19.1 Å². The second kappa shape index (κ2) is 8.88. The molecule has 25 heavy (non-hydrogen) atoms. The number of hydrogen-bond donors (Lipinski definition) is 1. The van der Waals surface area contributed by atoms with Crippen LogP contribution in [0.25, 0.3) is 0 Å². The molecule has 0 heterocycles. The Balaban J connectivity index is 1.72. The molecule has 0 unspecified atom stereocenters. The predicted octanol–water partition coefficient (Wildman–Crippen LogP) is 3.17. The van der Waals surface area contributed by atoms with Crippen molar-refractivity contribution in [2.45, 2.75) is 53.0 Å². The quantitative estimate of drug-likeness (QED) is 0.803. The average Bonchev–Trinajstić information content (AvgIpc) is 2.58. The second-order valence-electron chi connectivity index (χ2n) is 7.16. The lowest BCUT2D eigenvalue weighted by Crippen LogP contribution is -2.45. The Morgan fingerprint density at radius 1 is 1.16 bits per heavy atom. The highest BCUT2D eigenvalue weighted by Crippen LogP contribution is 2.29. The van der Waals surface area contributed by atoms with Crippen LogP contribution >= 0.6 is 0 Å². The Morgan fingerprint density at radius 2 is 1.92 bits per heavy atom. The molecule has 3 atom stereocenters. The topological polar surface area (TPSA) is 64.6 Å². The highest BCUT2D eigenvalue weighted by atomic mass is 16.6. The van der Waals surface area contributed by atoms with Crippen LogP contribution in [0.5, 0.6) is 5.75 Å². The molecule has 0 aliphatic heterocycles. The van der Waals surface area contributed by atoms with Crippen molar-refractivity contribution in [3.05, 3.63) is 29.3 Å². The highest BCUT2D eigenvalue weighted by Gasteiger charge is 2.28. The molecule has 1 aromatic carbocycles. The standard InChI is InChI=1S/C20H29NO4/c1-13-8-9-15(3)18(10-13)24-12-20(23)25-11-19(22)21-17-7-5-6-14(2)16(17)4/h8-10,14,16-17H,5-7,11-12H2,1-4H3,(H,21,22)/t14-,16-,17+/m0/s1. The van der Waals surface area contributed by atoms with E-state index < -0.39 is 5.97 Å². The van der Waals surface area contributed by atoms with E-state index in [0.717, 1.165) is 24.0 Å². The van der Waals surface area contributed by atoms with Gasteiger partial charge in [-0.05, 0) is 49.3 Å². The molecule has 1 aliphatic rings. The molecule has 1 aliphatic carbocycles. The third kappa shape index (κ3) is 5.76. The number of carbonyl (C=O) groups excluding carboxylic acids is 2. The first-order valence-corrected chi connectivity index (χ1v) is 9.02. The Morgan fingerprint density at radius 3 is 2.68 bits per heavy atom. The lowest BCUT2D eigenvalue weighted by atomic mass is 9.78. The van der Waals surface area contributed by atoms with E-state index in [-0.39, 0.29) is 25.2 Å². The molecule has 2 rings (SSSR count). The molecule has 1 fully saturated rings. The first-order valence-electron chi connectivity index (χ1n) is 9.02. The molecule has 1 N–H and O–H groups in total. The largest absolute Gasteiger partial charge is 0.482 e. The van der Waals surface area contributed by atoms with Crippen LogP contribution in [-0.2, 0) is 14.3 Å². The van der Waals surface area contributed by atoms with E-state index in [9.17, 15) is 9.59 Å². The molecule has 0 aromatic heterocycles. The van der Waals surface area contributed by atoms with Crippen LogP contribution in [0.3, 0.4) is 0 Å². The molecular formula is C20H29NO4. The lowest BCUT2D eigenvalue weighted by molar-refractivity contribution is -0.150. The first-order chi connectivity index (χ1) is 11.9. The van der Waals surface area contributed by atoms with Gasteiger partial charge in [0, 0.05) is 6.04 Å². The summed E-state index contributed by atoms with van der Waals surface area (Å²) < 4.78 is 10.5. The summed E-state index contributed by atoms with van der Waals surface area (Å²) in [6.07, 6.45) is 3.32. The number of esters is 1. The van der Waals surface area contributed by atoms with Gasteiger partial charge in [-0.3, -0.25) is 4.79 Å². The van der Waals surface area contributed by atoms with Crippen molar-refractivity contribution in [3.8, 4) is 5.75 Å². The predicted molar refractivity (Wildman–Crippen MR) is 96.5 cm³/mol. The fourth-order valence-electron chi connectivity index (χ4n) is 3.22. The zero-order chi connectivity index (χ0) is 18.4. The fourth-order valence-corrected chi connectivity index (χ4v) is 3.22. The second-order valence-corrected chi connectivity index (χ2v) is 7.16. The minimum atomic E-state index is -0.541. The van der Waals surface area contributed by atoms with Gasteiger partial charge in [0.15, 0.2) is 13.2 Å². The van der Waals surface area contributed by atoms with E-state index in [4.69, 9.17) is 9.47 Å². The van der Waals surface area contributed by atoms with Crippen LogP contribution in [0.15, 0.2) is 18.2 Å². The molecule has 0 spiro atoms. The summed E-state index contributed by atoms with van der Waals surface area (Å²) in [5, 5.41) is 2.99. The highest BCUT2D eigenvalue weighted by molar-refractivity contribution is 5.81. The lowest BCUT2D eigenvalue weighted by Gasteiger charge is -2.34. The van der Waals surface area contributed by atoms with Crippen LogP contribution in [0.2, 0.25) is 0 Å². The molecule has 0 radical (unpaired) electrons. The number of amides is 1. The van der Waals surface area contributed by atoms with Crippen molar-refractivity contribution in [2.24, 2.45) is 11.8 Å². The van der Waals surface area contributed by atoms with Gasteiger partial charge in [-0.1, -0.05) is 38.8 Å². The molecule has 5 nitrogen and oxygen atoms in total. The van der Waals surface area contributed by atoms with Crippen LogP contribution in [0, 0.1) is 25.7 Å². The number of benzene rings is 1. The van der Waals surface area contributed by atoms with E-state index in [1.807, 2.05) is 32.0 Å². The summed E-state index contributed by atoms with van der Waals surface area (Å²) >= 11 is 0. The summed E-state index contributed by atoms with van der Waals surface area (Å²) in [5.74, 6) is 0.923. The van der Waals surface area contributed by atoms with Crippen molar-refractivity contribution in [2.75, 3.05) is 13.2 Å². The van der Waals surface area contributed by atoms with Crippen LogP contribution in [-0.4, -0.2) is 31.1 Å². The van der Waals surface area contributed by atoms with E-state index in [1.165, 1.54) is 6.42 Å². The van der Waals surface area contributed by atoms with Gasteiger partial charge in [0.25, 0.3) is 5.91 Å². The maximum absolute atomic E-state index is 12.0. The van der Waals surface area contributed by atoms with Gasteiger partial charge in [0.05, 0.1) is 0 Å². The average molecular weight is 347 g/mol. The Bertz CT molecular complexity index is 614. The minimum absolute atomic E-state index is 0.168. The van der Waals surface area contributed by atoms with Gasteiger partial charge in [-0.15, -0.1) is 0 Å². The number of aryl methyl sites for hydroxylation is 2. The van der Waals surface area contributed by atoms with E-state index in [1.54, 1.807) is 0 Å². The smallest absolute Gasteiger partial charge is 0.344 e. The molecule has 138 valence electrons. The summed E-state index contributed by atoms with van der Waals surface area (Å²) in [5.41, 5.74) is 2.01. The summed E-state index contributed by atoms with van der Waals surface area (Å²) in [6.45, 7) is 7.80. The van der Waals surface area contributed by atoms with Crippen LogP contribution in [0.4, 0.5) is 0 Å². The normalized spacial score (nSPS) is 23.0. The third-order valence-electron chi connectivity index (χ3n) is 5.11. The van der Waals surface area contributed by atoms with Crippen LogP contribution < -0.4 is 10.1 Å². The monoisotopic (exact) mass is 347 g/mol. The number of carbonyl (C=O) groups is 2. The van der Waals surface area contributed by atoms with Crippen molar-refractivity contribution >= 4 is 11.9 Å². The van der Waals surface area contributed by atoms with Crippen LogP contribution in [0.1, 0.15) is 44.2 Å². The van der Waals surface area contributed by atoms with Gasteiger partial charge in [0.1, 0.15) is 5.75 Å².